The Kier molecular flexibility index (Phi) is 5.05. The van der Waals surface area contributed by atoms with Crippen LogP contribution in [0.2, 0.25) is 0 Å². The summed E-state index contributed by atoms with van der Waals surface area (Å²) >= 11 is 0. The molecule has 7 heteroatoms. The highest BCUT2D eigenvalue weighted by Crippen LogP contribution is 2.26. The maximum atomic E-state index is 12.4. The van der Waals surface area contributed by atoms with Crippen LogP contribution in [0.5, 0.6) is 11.5 Å². The second-order valence-corrected chi connectivity index (χ2v) is 6.64. The summed E-state index contributed by atoms with van der Waals surface area (Å²) < 4.78 is 5.78. The fraction of sp³-hybridized carbons (Fsp3) is 0.190. The summed E-state index contributed by atoms with van der Waals surface area (Å²) in [5, 5.41) is 9.50. The SMILES string of the molecule is O=C(Cc1ccn[nH]1)N[C@H]1CC(=O)N(c2ccc(Oc3ccccc3)cc2)C1. The van der Waals surface area contributed by atoms with Crippen molar-refractivity contribution in [3.8, 4) is 11.5 Å². The lowest BCUT2D eigenvalue weighted by Crippen LogP contribution is -2.38. The summed E-state index contributed by atoms with van der Waals surface area (Å²) in [6, 6.07) is 18.4. The standard InChI is InChI=1S/C21H20N4O3/c26-20(12-15-10-11-22-24-15)23-16-13-21(27)25(14-16)17-6-8-19(9-7-17)28-18-4-2-1-3-5-18/h1-11,16H,12-14H2,(H,22,24)(H,23,26)/t16-/m0/s1. The van der Waals surface area contributed by atoms with Crippen molar-refractivity contribution >= 4 is 17.5 Å². The van der Waals surface area contributed by atoms with Gasteiger partial charge in [0.1, 0.15) is 11.5 Å². The number of hydrogen-bond acceptors (Lipinski definition) is 4. The van der Waals surface area contributed by atoms with Gasteiger partial charge in [-0.3, -0.25) is 14.7 Å². The zero-order chi connectivity index (χ0) is 19.3. The van der Waals surface area contributed by atoms with Gasteiger partial charge in [-0.15, -0.1) is 0 Å². The molecule has 2 aromatic carbocycles. The number of aromatic nitrogens is 2. The number of carbonyl (C=O) groups is 2. The molecule has 1 aromatic heterocycles. The number of nitrogens with one attached hydrogen (secondary N) is 2. The summed E-state index contributed by atoms with van der Waals surface area (Å²) in [6.07, 6.45) is 2.11. The first-order valence-corrected chi connectivity index (χ1v) is 9.08. The molecule has 3 aromatic rings. The lowest BCUT2D eigenvalue weighted by molar-refractivity contribution is -0.121. The van der Waals surface area contributed by atoms with Crippen LogP contribution in [0.25, 0.3) is 0 Å². The number of amides is 2. The van der Waals surface area contributed by atoms with Crippen LogP contribution in [0, 0.1) is 0 Å². The Bertz CT molecular complexity index is 940. The van der Waals surface area contributed by atoms with Crippen molar-refractivity contribution in [1.29, 1.82) is 0 Å². The first kappa shape index (κ1) is 17.8. The van der Waals surface area contributed by atoms with Crippen molar-refractivity contribution in [2.45, 2.75) is 18.9 Å². The van der Waals surface area contributed by atoms with Crippen molar-refractivity contribution in [2.24, 2.45) is 0 Å². The number of nitrogens with zero attached hydrogens (tertiary/aromatic N) is 2. The fourth-order valence-corrected chi connectivity index (χ4v) is 3.21. The van der Waals surface area contributed by atoms with E-state index in [0.717, 1.165) is 17.1 Å². The number of aromatic amines is 1. The maximum absolute atomic E-state index is 12.4. The third-order valence-electron chi connectivity index (χ3n) is 4.53. The van der Waals surface area contributed by atoms with E-state index in [-0.39, 0.29) is 30.7 Å². The largest absolute Gasteiger partial charge is 0.457 e. The van der Waals surface area contributed by atoms with Crippen molar-refractivity contribution in [1.82, 2.24) is 15.5 Å². The number of para-hydroxylation sites is 1. The number of H-pyrrole nitrogens is 1. The molecule has 142 valence electrons. The summed E-state index contributed by atoms with van der Waals surface area (Å²) in [5.74, 6) is 1.32. The quantitative estimate of drug-likeness (QED) is 0.692. The van der Waals surface area contributed by atoms with Crippen LogP contribution >= 0.6 is 0 Å². The van der Waals surface area contributed by atoms with E-state index in [1.54, 1.807) is 17.2 Å². The van der Waals surface area contributed by atoms with Crippen molar-refractivity contribution in [2.75, 3.05) is 11.4 Å². The number of carbonyl (C=O) groups excluding carboxylic acids is 2. The first-order chi connectivity index (χ1) is 13.7. The van der Waals surface area contributed by atoms with Crippen molar-refractivity contribution in [3.05, 3.63) is 72.6 Å². The number of hydrogen-bond donors (Lipinski definition) is 2. The van der Waals surface area contributed by atoms with Gasteiger partial charge in [-0.05, 0) is 42.5 Å². The molecule has 1 aliphatic rings. The Balaban J connectivity index is 1.35. The highest BCUT2D eigenvalue weighted by molar-refractivity contribution is 5.97. The summed E-state index contributed by atoms with van der Waals surface area (Å²) in [6.45, 7) is 0.451. The summed E-state index contributed by atoms with van der Waals surface area (Å²) in [7, 11) is 0. The molecule has 1 saturated heterocycles. The Morgan fingerprint density at radius 3 is 2.57 bits per heavy atom. The number of ether oxygens (including phenoxy) is 1. The smallest absolute Gasteiger partial charge is 0.229 e. The molecule has 0 bridgehead atoms. The Labute approximate surface area is 162 Å². The summed E-state index contributed by atoms with van der Waals surface area (Å²) in [4.78, 5) is 26.2. The predicted molar refractivity (Wildman–Crippen MR) is 104 cm³/mol. The minimum atomic E-state index is -0.205. The molecule has 0 unspecified atom stereocenters. The van der Waals surface area contributed by atoms with E-state index < -0.39 is 0 Å². The number of benzene rings is 2. The molecule has 2 N–H and O–H groups in total. The minimum Gasteiger partial charge on any atom is -0.457 e. The van der Waals surface area contributed by atoms with Crippen molar-refractivity contribution in [3.63, 3.8) is 0 Å². The monoisotopic (exact) mass is 376 g/mol. The van der Waals surface area contributed by atoms with Crippen LogP contribution < -0.4 is 15.0 Å². The zero-order valence-corrected chi connectivity index (χ0v) is 15.2. The zero-order valence-electron chi connectivity index (χ0n) is 15.2. The Hall–Kier alpha value is -3.61. The second kappa shape index (κ2) is 7.96. The van der Waals surface area contributed by atoms with Crippen LogP contribution in [0.15, 0.2) is 66.9 Å². The van der Waals surface area contributed by atoms with E-state index >= 15 is 0 Å². The third kappa shape index (κ3) is 4.20. The normalized spacial score (nSPS) is 16.2. The van der Waals surface area contributed by atoms with E-state index in [4.69, 9.17) is 4.74 Å². The second-order valence-electron chi connectivity index (χ2n) is 6.64. The predicted octanol–water partition coefficient (Wildman–Crippen LogP) is 2.67. The van der Waals surface area contributed by atoms with E-state index in [9.17, 15) is 9.59 Å². The molecule has 1 fully saturated rings. The summed E-state index contributed by atoms with van der Waals surface area (Å²) in [5.41, 5.74) is 1.53. The van der Waals surface area contributed by atoms with Gasteiger partial charge in [0.25, 0.3) is 0 Å². The third-order valence-corrected chi connectivity index (χ3v) is 4.53. The molecule has 2 heterocycles. The molecule has 0 aliphatic carbocycles. The lowest BCUT2D eigenvalue weighted by atomic mass is 10.2. The highest BCUT2D eigenvalue weighted by Gasteiger charge is 2.31. The van der Waals surface area contributed by atoms with Gasteiger partial charge in [0.05, 0.1) is 12.5 Å². The molecule has 28 heavy (non-hydrogen) atoms. The Morgan fingerprint density at radius 1 is 1.11 bits per heavy atom. The van der Waals surface area contributed by atoms with Gasteiger partial charge in [0.15, 0.2) is 0 Å². The van der Waals surface area contributed by atoms with E-state index in [1.807, 2.05) is 54.6 Å². The van der Waals surface area contributed by atoms with Gasteiger partial charge >= 0.3 is 0 Å². The molecule has 7 nitrogen and oxygen atoms in total. The molecule has 1 atom stereocenters. The van der Waals surface area contributed by atoms with Gasteiger partial charge in [-0.1, -0.05) is 18.2 Å². The molecule has 0 spiro atoms. The van der Waals surface area contributed by atoms with Gasteiger partial charge in [0, 0.05) is 30.5 Å². The number of anilines is 1. The first-order valence-electron chi connectivity index (χ1n) is 9.08. The van der Waals surface area contributed by atoms with Gasteiger partial charge in [0.2, 0.25) is 11.8 Å². The molecule has 0 saturated carbocycles. The van der Waals surface area contributed by atoms with Gasteiger partial charge < -0.3 is 15.0 Å². The lowest BCUT2D eigenvalue weighted by Gasteiger charge is -2.17. The number of rotatable bonds is 6. The van der Waals surface area contributed by atoms with E-state index in [2.05, 4.69) is 15.5 Å². The fourth-order valence-electron chi connectivity index (χ4n) is 3.21. The average molecular weight is 376 g/mol. The topological polar surface area (TPSA) is 87.3 Å². The van der Waals surface area contributed by atoms with Crippen LogP contribution in [0.4, 0.5) is 5.69 Å². The van der Waals surface area contributed by atoms with E-state index in [0.29, 0.717) is 12.3 Å². The molecule has 4 rings (SSSR count). The maximum Gasteiger partial charge on any atom is 0.229 e. The van der Waals surface area contributed by atoms with Gasteiger partial charge in [-0.25, -0.2) is 0 Å². The van der Waals surface area contributed by atoms with Crippen LogP contribution in [-0.4, -0.2) is 34.6 Å². The minimum absolute atomic E-state index is 0.0106. The molecular formula is C21H20N4O3. The van der Waals surface area contributed by atoms with Crippen LogP contribution in [-0.2, 0) is 16.0 Å². The molecule has 2 amide bonds. The van der Waals surface area contributed by atoms with Gasteiger partial charge in [-0.2, -0.15) is 5.10 Å². The van der Waals surface area contributed by atoms with E-state index in [1.165, 1.54) is 0 Å². The van der Waals surface area contributed by atoms with Crippen molar-refractivity contribution < 1.29 is 14.3 Å². The Morgan fingerprint density at radius 2 is 1.86 bits per heavy atom. The molecular weight excluding hydrogens is 356 g/mol. The van der Waals surface area contributed by atoms with Crippen LogP contribution in [0.1, 0.15) is 12.1 Å². The molecule has 0 radical (unpaired) electrons. The highest BCUT2D eigenvalue weighted by atomic mass is 16.5. The van der Waals surface area contributed by atoms with Crippen LogP contribution in [0.3, 0.4) is 0 Å². The molecule has 1 aliphatic heterocycles. The average Bonchev–Trinajstić information content (AvgIpc) is 3.33.